The molecule has 0 saturated carbocycles. The van der Waals surface area contributed by atoms with Crippen LogP contribution in [0.3, 0.4) is 0 Å². The van der Waals surface area contributed by atoms with Crippen LogP contribution in [0.2, 0.25) is 0 Å². The Balaban J connectivity index is 3.21. The minimum Gasteiger partial charge on any atom is -0.465 e. The topological polar surface area (TPSA) is 52.6 Å². The second-order valence-electron chi connectivity index (χ2n) is 3.30. The van der Waals surface area contributed by atoms with Gasteiger partial charge in [-0.2, -0.15) is 0 Å². The summed E-state index contributed by atoms with van der Waals surface area (Å²) in [6.07, 6.45) is 0.769. The van der Waals surface area contributed by atoms with Crippen molar-refractivity contribution in [2.75, 3.05) is 19.5 Å². The summed E-state index contributed by atoms with van der Waals surface area (Å²) in [5, 5.41) is 0.783. The predicted octanol–water partition coefficient (Wildman–Crippen LogP) is 2.20. The summed E-state index contributed by atoms with van der Waals surface area (Å²) in [5.41, 5.74) is 1.41. The van der Waals surface area contributed by atoms with Gasteiger partial charge >= 0.3 is 11.9 Å². The molecule has 92 valence electrons. The molecule has 0 saturated heterocycles. The van der Waals surface area contributed by atoms with Crippen molar-refractivity contribution in [1.29, 1.82) is 0 Å². The van der Waals surface area contributed by atoms with Gasteiger partial charge in [0.15, 0.2) is 0 Å². The Kier molecular flexibility index (Phi) is 5.15. The van der Waals surface area contributed by atoms with Crippen molar-refractivity contribution in [2.45, 2.75) is 6.42 Å². The first-order chi connectivity index (χ1) is 8.13. The third kappa shape index (κ3) is 3.30. The summed E-state index contributed by atoms with van der Waals surface area (Å²) >= 11 is 3.32. The van der Waals surface area contributed by atoms with Gasteiger partial charge in [0.1, 0.15) is 0 Å². The molecule has 0 amide bonds. The van der Waals surface area contributed by atoms with Crippen LogP contribution in [0.25, 0.3) is 0 Å². The molecule has 0 radical (unpaired) electrons. The first kappa shape index (κ1) is 13.7. The Morgan fingerprint density at radius 2 is 1.71 bits per heavy atom. The van der Waals surface area contributed by atoms with E-state index < -0.39 is 11.9 Å². The zero-order valence-electron chi connectivity index (χ0n) is 9.66. The van der Waals surface area contributed by atoms with Crippen molar-refractivity contribution >= 4 is 27.9 Å². The lowest BCUT2D eigenvalue weighted by Crippen LogP contribution is -2.12. The van der Waals surface area contributed by atoms with Crippen molar-refractivity contribution in [3.05, 3.63) is 34.9 Å². The third-order valence-electron chi connectivity index (χ3n) is 2.28. The lowest BCUT2D eigenvalue weighted by molar-refractivity contribution is 0.0555. The molecule has 0 unspecified atom stereocenters. The van der Waals surface area contributed by atoms with Gasteiger partial charge < -0.3 is 9.47 Å². The first-order valence-corrected chi connectivity index (χ1v) is 6.11. The molecule has 1 aromatic rings. The van der Waals surface area contributed by atoms with E-state index in [-0.39, 0.29) is 11.1 Å². The first-order valence-electron chi connectivity index (χ1n) is 4.99. The maximum atomic E-state index is 11.6. The zero-order chi connectivity index (χ0) is 12.8. The van der Waals surface area contributed by atoms with Crippen LogP contribution in [-0.2, 0) is 15.9 Å². The highest BCUT2D eigenvalue weighted by Crippen LogP contribution is 2.15. The highest BCUT2D eigenvalue weighted by atomic mass is 79.9. The second kappa shape index (κ2) is 6.39. The average Bonchev–Trinajstić information content (AvgIpc) is 2.37. The van der Waals surface area contributed by atoms with Gasteiger partial charge in [-0.1, -0.05) is 22.0 Å². The molecule has 0 aliphatic rings. The normalized spacial score (nSPS) is 9.82. The maximum Gasteiger partial charge on any atom is 0.338 e. The number of ether oxygens (including phenoxy) is 2. The largest absolute Gasteiger partial charge is 0.465 e. The number of alkyl halides is 1. The van der Waals surface area contributed by atoms with Gasteiger partial charge in [0.25, 0.3) is 0 Å². The summed E-state index contributed by atoms with van der Waals surface area (Å²) in [7, 11) is 2.55. The fourth-order valence-electron chi connectivity index (χ4n) is 1.42. The van der Waals surface area contributed by atoms with Crippen molar-refractivity contribution in [1.82, 2.24) is 0 Å². The molecule has 0 aliphatic heterocycles. The summed E-state index contributed by atoms with van der Waals surface area (Å²) in [5.74, 6) is -1.09. The van der Waals surface area contributed by atoms with Crippen LogP contribution in [0.5, 0.6) is 0 Å². The molecule has 0 aliphatic carbocycles. The molecule has 5 heteroatoms. The van der Waals surface area contributed by atoms with Gasteiger partial charge in [-0.25, -0.2) is 9.59 Å². The van der Waals surface area contributed by atoms with E-state index in [2.05, 4.69) is 25.4 Å². The van der Waals surface area contributed by atoms with E-state index >= 15 is 0 Å². The molecule has 0 bridgehead atoms. The van der Waals surface area contributed by atoms with Crippen LogP contribution in [0.15, 0.2) is 18.2 Å². The Morgan fingerprint density at radius 1 is 1.12 bits per heavy atom. The van der Waals surface area contributed by atoms with Gasteiger partial charge in [0, 0.05) is 5.33 Å². The van der Waals surface area contributed by atoms with Crippen LogP contribution in [-0.4, -0.2) is 31.5 Å². The van der Waals surface area contributed by atoms with E-state index in [4.69, 9.17) is 0 Å². The molecule has 0 aromatic heterocycles. The van der Waals surface area contributed by atoms with E-state index in [0.29, 0.717) is 0 Å². The number of benzene rings is 1. The number of esters is 2. The molecule has 0 spiro atoms. The summed E-state index contributed by atoms with van der Waals surface area (Å²) in [6, 6.07) is 5.02. The number of hydrogen-bond acceptors (Lipinski definition) is 4. The molecule has 1 rings (SSSR count). The minimum atomic E-state index is -0.546. The summed E-state index contributed by atoms with van der Waals surface area (Å²) < 4.78 is 9.26. The molecule has 17 heavy (non-hydrogen) atoms. The second-order valence-corrected chi connectivity index (χ2v) is 4.10. The van der Waals surface area contributed by atoms with Gasteiger partial charge in [-0.05, 0) is 24.1 Å². The monoisotopic (exact) mass is 300 g/mol. The molecule has 0 atom stereocenters. The molecule has 4 nitrogen and oxygen atoms in total. The number of hydrogen-bond donors (Lipinski definition) is 0. The molecular formula is C12H13BrO4. The van der Waals surface area contributed by atoms with E-state index in [1.807, 2.05) is 0 Å². The van der Waals surface area contributed by atoms with E-state index in [1.54, 1.807) is 18.2 Å². The van der Waals surface area contributed by atoms with Crippen LogP contribution >= 0.6 is 15.9 Å². The van der Waals surface area contributed by atoms with Crippen LogP contribution in [0.1, 0.15) is 26.3 Å². The Bertz CT molecular complexity index is 429. The lowest BCUT2D eigenvalue weighted by atomic mass is 10.0. The summed E-state index contributed by atoms with van der Waals surface area (Å²) in [4.78, 5) is 23.1. The molecule has 0 fully saturated rings. The highest BCUT2D eigenvalue weighted by Gasteiger charge is 2.18. The van der Waals surface area contributed by atoms with Gasteiger partial charge in [0.05, 0.1) is 25.3 Å². The SMILES string of the molecule is COC(=O)c1ccc(CCBr)cc1C(=O)OC. The molecule has 1 aromatic carbocycles. The average molecular weight is 301 g/mol. The lowest BCUT2D eigenvalue weighted by Gasteiger charge is -2.08. The van der Waals surface area contributed by atoms with E-state index in [0.717, 1.165) is 17.3 Å². The van der Waals surface area contributed by atoms with Crippen molar-refractivity contribution in [2.24, 2.45) is 0 Å². The van der Waals surface area contributed by atoms with Crippen molar-refractivity contribution in [3.63, 3.8) is 0 Å². The van der Waals surface area contributed by atoms with Crippen LogP contribution < -0.4 is 0 Å². The van der Waals surface area contributed by atoms with Crippen molar-refractivity contribution < 1.29 is 19.1 Å². The molecule has 0 N–H and O–H groups in total. The smallest absolute Gasteiger partial charge is 0.338 e. The van der Waals surface area contributed by atoms with Gasteiger partial charge in [-0.15, -0.1) is 0 Å². The molecular weight excluding hydrogens is 288 g/mol. The number of aryl methyl sites for hydroxylation is 1. The van der Waals surface area contributed by atoms with E-state index in [9.17, 15) is 9.59 Å². The van der Waals surface area contributed by atoms with Crippen LogP contribution in [0, 0.1) is 0 Å². The fourth-order valence-corrected chi connectivity index (χ4v) is 1.88. The number of methoxy groups -OCH3 is 2. The van der Waals surface area contributed by atoms with Crippen molar-refractivity contribution in [3.8, 4) is 0 Å². The van der Waals surface area contributed by atoms with Crippen LogP contribution in [0.4, 0.5) is 0 Å². The van der Waals surface area contributed by atoms with Gasteiger partial charge in [-0.3, -0.25) is 0 Å². The zero-order valence-corrected chi connectivity index (χ0v) is 11.2. The standard InChI is InChI=1S/C12H13BrO4/c1-16-11(14)9-4-3-8(5-6-13)7-10(9)12(15)17-2/h3-4,7H,5-6H2,1-2H3. The Labute approximate surface area is 108 Å². The molecule has 0 heterocycles. The Hall–Kier alpha value is -1.36. The number of carbonyl (C=O) groups excluding carboxylic acids is 2. The fraction of sp³-hybridized carbons (Fsp3) is 0.333. The number of rotatable bonds is 4. The maximum absolute atomic E-state index is 11.6. The van der Waals surface area contributed by atoms with E-state index in [1.165, 1.54) is 14.2 Å². The minimum absolute atomic E-state index is 0.220. The van der Waals surface area contributed by atoms with Gasteiger partial charge in [0.2, 0.25) is 0 Å². The third-order valence-corrected chi connectivity index (χ3v) is 2.67. The predicted molar refractivity (Wildman–Crippen MR) is 66.6 cm³/mol. The number of halogens is 1. The quantitative estimate of drug-likeness (QED) is 0.632. The summed E-state index contributed by atoms with van der Waals surface area (Å²) in [6.45, 7) is 0. The number of carbonyl (C=O) groups is 2. The Morgan fingerprint density at radius 3 is 2.24 bits per heavy atom. The highest BCUT2D eigenvalue weighted by molar-refractivity contribution is 9.09.